The fourth-order valence-corrected chi connectivity index (χ4v) is 1.79. The Kier molecular flexibility index (Phi) is 3.66. The number of esters is 1. The molecule has 0 aromatic carbocycles. The van der Waals surface area contributed by atoms with Crippen molar-refractivity contribution in [3.05, 3.63) is 34.8 Å². The standard InChI is InChI=1S/C11H11N3O2S/c1-2-16-10(15)9-3-5-12-11(14-9)13-8-4-6-17-7-8/h3-7H,2H2,1H3,(H,12,13,14). The van der Waals surface area contributed by atoms with Gasteiger partial charge in [-0.05, 0) is 24.4 Å². The second-order valence-electron chi connectivity index (χ2n) is 3.12. The predicted octanol–water partition coefficient (Wildman–Crippen LogP) is 2.46. The molecule has 0 aliphatic heterocycles. The normalized spacial score (nSPS) is 9.94. The van der Waals surface area contributed by atoms with Crippen LogP contribution in [0, 0.1) is 0 Å². The summed E-state index contributed by atoms with van der Waals surface area (Å²) in [4.78, 5) is 19.6. The average molecular weight is 249 g/mol. The molecule has 0 fully saturated rings. The number of carbonyl (C=O) groups is 1. The third-order valence-electron chi connectivity index (χ3n) is 1.92. The van der Waals surface area contributed by atoms with E-state index in [0.717, 1.165) is 5.69 Å². The van der Waals surface area contributed by atoms with Crippen molar-refractivity contribution in [1.82, 2.24) is 9.97 Å². The van der Waals surface area contributed by atoms with Crippen molar-refractivity contribution in [2.75, 3.05) is 11.9 Å². The molecule has 0 saturated heterocycles. The highest BCUT2D eigenvalue weighted by atomic mass is 32.1. The van der Waals surface area contributed by atoms with Crippen molar-refractivity contribution < 1.29 is 9.53 Å². The van der Waals surface area contributed by atoms with Crippen LogP contribution in [-0.2, 0) is 4.74 Å². The lowest BCUT2D eigenvalue weighted by Crippen LogP contribution is -2.08. The van der Waals surface area contributed by atoms with E-state index in [-0.39, 0.29) is 5.69 Å². The second kappa shape index (κ2) is 5.40. The maximum Gasteiger partial charge on any atom is 0.357 e. The minimum absolute atomic E-state index is 0.250. The number of rotatable bonds is 4. The first-order chi connectivity index (χ1) is 8.29. The van der Waals surface area contributed by atoms with Crippen molar-refractivity contribution in [3.63, 3.8) is 0 Å². The lowest BCUT2D eigenvalue weighted by atomic mass is 10.4. The summed E-state index contributed by atoms with van der Waals surface area (Å²) in [6.07, 6.45) is 1.52. The first-order valence-corrected chi connectivity index (χ1v) is 6.03. The molecule has 2 heterocycles. The highest BCUT2D eigenvalue weighted by Crippen LogP contribution is 2.16. The molecule has 0 saturated carbocycles. The van der Waals surface area contributed by atoms with Gasteiger partial charge in [0.1, 0.15) is 0 Å². The van der Waals surface area contributed by atoms with Crippen molar-refractivity contribution >= 4 is 28.9 Å². The fourth-order valence-electron chi connectivity index (χ4n) is 1.20. The van der Waals surface area contributed by atoms with E-state index in [1.54, 1.807) is 18.3 Å². The van der Waals surface area contributed by atoms with E-state index in [2.05, 4.69) is 15.3 Å². The number of ether oxygens (including phenoxy) is 1. The van der Waals surface area contributed by atoms with E-state index in [1.165, 1.54) is 12.3 Å². The highest BCUT2D eigenvalue weighted by molar-refractivity contribution is 7.08. The number of anilines is 2. The molecule has 0 spiro atoms. The quantitative estimate of drug-likeness (QED) is 0.843. The molecule has 2 aromatic rings. The molecule has 6 heteroatoms. The number of nitrogens with one attached hydrogen (secondary N) is 1. The van der Waals surface area contributed by atoms with Crippen LogP contribution in [0.5, 0.6) is 0 Å². The Morgan fingerprint density at radius 3 is 3.12 bits per heavy atom. The summed E-state index contributed by atoms with van der Waals surface area (Å²) < 4.78 is 4.86. The largest absolute Gasteiger partial charge is 0.461 e. The zero-order valence-electron chi connectivity index (χ0n) is 9.21. The average Bonchev–Trinajstić information content (AvgIpc) is 2.82. The highest BCUT2D eigenvalue weighted by Gasteiger charge is 2.09. The Morgan fingerprint density at radius 2 is 2.41 bits per heavy atom. The van der Waals surface area contributed by atoms with Crippen LogP contribution in [0.25, 0.3) is 0 Å². The Labute approximate surface area is 102 Å². The topological polar surface area (TPSA) is 64.1 Å². The third kappa shape index (κ3) is 3.01. The third-order valence-corrected chi connectivity index (χ3v) is 2.60. The zero-order chi connectivity index (χ0) is 12.1. The number of carbonyl (C=O) groups excluding carboxylic acids is 1. The van der Waals surface area contributed by atoms with Crippen LogP contribution >= 0.6 is 11.3 Å². The molecule has 17 heavy (non-hydrogen) atoms. The molecule has 0 unspecified atom stereocenters. The summed E-state index contributed by atoms with van der Waals surface area (Å²) >= 11 is 1.57. The van der Waals surface area contributed by atoms with E-state index in [0.29, 0.717) is 12.6 Å². The summed E-state index contributed by atoms with van der Waals surface area (Å²) in [5.41, 5.74) is 1.15. The Balaban J connectivity index is 2.14. The van der Waals surface area contributed by atoms with Gasteiger partial charge in [0.2, 0.25) is 5.95 Å². The van der Waals surface area contributed by atoms with Crippen LogP contribution in [0.15, 0.2) is 29.1 Å². The minimum atomic E-state index is -0.441. The van der Waals surface area contributed by atoms with Crippen LogP contribution in [0.4, 0.5) is 11.6 Å². The lowest BCUT2D eigenvalue weighted by Gasteiger charge is -2.04. The molecular formula is C11H11N3O2S. The van der Waals surface area contributed by atoms with E-state index < -0.39 is 5.97 Å². The van der Waals surface area contributed by atoms with E-state index in [1.807, 2.05) is 16.8 Å². The van der Waals surface area contributed by atoms with Gasteiger partial charge in [0.25, 0.3) is 0 Å². The molecule has 0 radical (unpaired) electrons. The smallest absolute Gasteiger partial charge is 0.357 e. The molecule has 1 N–H and O–H groups in total. The van der Waals surface area contributed by atoms with Crippen molar-refractivity contribution in [3.8, 4) is 0 Å². The summed E-state index contributed by atoms with van der Waals surface area (Å²) in [7, 11) is 0. The van der Waals surface area contributed by atoms with E-state index in [4.69, 9.17) is 4.74 Å². The molecule has 0 bridgehead atoms. The van der Waals surface area contributed by atoms with Gasteiger partial charge < -0.3 is 10.1 Å². The molecular weight excluding hydrogens is 238 g/mol. The van der Waals surface area contributed by atoms with Crippen LogP contribution in [-0.4, -0.2) is 22.5 Å². The number of hydrogen-bond donors (Lipinski definition) is 1. The minimum Gasteiger partial charge on any atom is -0.461 e. The molecule has 5 nitrogen and oxygen atoms in total. The van der Waals surface area contributed by atoms with E-state index >= 15 is 0 Å². The Bertz CT molecular complexity index is 499. The SMILES string of the molecule is CCOC(=O)c1ccnc(Nc2ccsc2)n1. The molecule has 0 atom stereocenters. The van der Waals surface area contributed by atoms with Crippen molar-refractivity contribution in [1.29, 1.82) is 0 Å². The van der Waals surface area contributed by atoms with E-state index in [9.17, 15) is 4.79 Å². The number of thiophene rings is 1. The maximum atomic E-state index is 11.5. The van der Waals surface area contributed by atoms with Crippen LogP contribution < -0.4 is 5.32 Å². The Morgan fingerprint density at radius 1 is 1.53 bits per heavy atom. The molecule has 2 rings (SSSR count). The monoisotopic (exact) mass is 249 g/mol. The first-order valence-electron chi connectivity index (χ1n) is 5.09. The number of aromatic nitrogens is 2. The van der Waals surface area contributed by atoms with Gasteiger partial charge in [0.15, 0.2) is 5.69 Å². The van der Waals surface area contributed by atoms with Gasteiger partial charge in [-0.3, -0.25) is 0 Å². The summed E-state index contributed by atoms with van der Waals surface area (Å²) in [5, 5.41) is 6.87. The Hall–Kier alpha value is -1.95. The van der Waals surface area contributed by atoms with Crippen molar-refractivity contribution in [2.24, 2.45) is 0 Å². The predicted molar refractivity (Wildman–Crippen MR) is 65.6 cm³/mol. The molecule has 88 valence electrons. The molecule has 0 aliphatic rings. The van der Waals surface area contributed by atoms with Gasteiger partial charge in [0, 0.05) is 11.6 Å². The number of hydrogen-bond acceptors (Lipinski definition) is 6. The lowest BCUT2D eigenvalue weighted by molar-refractivity contribution is 0.0519. The van der Waals surface area contributed by atoms with Gasteiger partial charge in [-0.15, -0.1) is 0 Å². The fraction of sp³-hybridized carbons (Fsp3) is 0.182. The molecule has 0 aliphatic carbocycles. The molecule has 0 amide bonds. The first kappa shape index (κ1) is 11.5. The van der Waals surface area contributed by atoms with Gasteiger partial charge in [-0.1, -0.05) is 0 Å². The maximum absolute atomic E-state index is 11.5. The van der Waals surface area contributed by atoms with Gasteiger partial charge in [-0.25, -0.2) is 14.8 Å². The van der Waals surface area contributed by atoms with Gasteiger partial charge in [-0.2, -0.15) is 11.3 Å². The summed E-state index contributed by atoms with van der Waals surface area (Å²) in [6.45, 7) is 2.08. The number of nitrogens with zero attached hydrogens (tertiary/aromatic N) is 2. The second-order valence-corrected chi connectivity index (χ2v) is 3.90. The van der Waals surface area contributed by atoms with Crippen LogP contribution in [0.2, 0.25) is 0 Å². The van der Waals surface area contributed by atoms with Gasteiger partial charge >= 0.3 is 5.97 Å². The van der Waals surface area contributed by atoms with Gasteiger partial charge in [0.05, 0.1) is 12.3 Å². The summed E-state index contributed by atoms with van der Waals surface area (Å²) in [5.74, 6) is -0.0581. The molecule has 2 aromatic heterocycles. The zero-order valence-corrected chi connectivity index (χ0v) is 10.0. The van der Waals surface area contributed by atoms with Crippen LogP contribution in [0.1, 0.15) is 17.4 Å². The van der Waals surface area contributed by atoms with Crippen LogP contribution in [0.3, 0.4) is 0 Å². The summed E-state index contributed by atoms with van der Waals surface area (Å²) in [6, 6.07) is 3.43. The van der Waals surface area contributed by atoms with Crippen molar-refractivity contribution in [2.45, 2.75) is 6.92 Å².